The van der Waals surface area contributed by atoms with Gasteiger partial charge in [-0.2, -0.15) is 0 Å². The van der Waals surface area contributed by atoms with Gasteiger partial charge in [0.05, 0.1) is 0 Å². The summed E-state index contributed by atoms with van der Waals surface area (Å²) in [7, 11) is 0. The molecular formula is C24H27NO5. The summed E-state index contributed by atoms with van der Waals surface area (Å²) in [4.78, 5) is 15.4. The van der Waals surface area contributed by atoms with Crippen molar-refractivity contribution in [2.45, 2.75) is 44.8 Å². The molecule has 6 nitrogen and oxygen atoms in total. The third kappa shape index (κ3) is 4.04. The summed E-state index contributed by atoms with van der Waals surface area (Å²) in [5.74, 6) is 3.33. The minimum Gasteiger partial charge on any atom is -0.485 e. The summed E-state index contributed by atoms with van der Waals surface area (Å²) in [6, 6.07) is 13.4. The Hall–Kier alpha value is -2.89. The number of fused-ring (bicyclic) bond motifs is 2. The van der Waals surface area contributed by atoms with E-state index in [-0.39, 0.29) is 19.3 Å². The fourth-order valence-electron chi connectivity index (χ4n) is 4.52. The zero-order chi connectivity index (χ0) is 20.3. The SMILES string of the molecule is O=C([C@H]1COc2ccccc2O1)N(Cc1ccc2c(c1)OCO2)CC1CCCCC1. The third-order valence-electron chi connectivity index (χ3n) is 6.11. The third-order valence-corrected chi connectivity index (χ3v) is 6.11. The average Bonchev–Trinajstić information content (AvgIpc) is 3.26. The van der Waals surface area contributed by atoms with Crippen LogP contribution in [0.1, 0.15) is 37.7 Å². The molecule has 0 spiro atoms. The van der Waals surface area contributed by atoms with E-state index < -0.39 is 6.10 Å². The molecule has 2 heterocycles. The molecule has 30 heavy (non-hydrogen) atoms. The molecule has 0 saturated heterocycles. The zero-order valence-electron chi connectivity index (χ0n) is 17.0. The van der Waals surface area contributed by atoms with Crippen molar-refractivity contribution in [2.75, 3.05) is 19.9 Å². The Balaban J connectivity index is 1.34. The Morgan fingerprint density at radius 3 is 2.53 bits per heavy atom. The van der Waals surface area contributed by atoms with Crippen LogP contribution in [0, 0.1) is 5.92 Å². The molecule has 1 amide bonds. The second kappa shape index (κ2) is 8.46. The van der Waals surface area contributed by atoms with Gasteiger partial charge < -0.3 is 23.8 Å². The number of hydrogen-bond acceptors (Lipinski definition) is 5. The number of carbonyl (C=O) groups is 1. The first kappa shape index (κ1) is 19.1. The first-order valence-electron chi connectivity index (χ1n) is 10.8. The summed E-state index contributed by atoms with van der Waals surface area (Å²) in [6.07, 6.45) is 5.51. The maximum Gasteiger partial charge on any atom is 0.267 e. The van der Waals surface area contributed by atoms with Gasteiger partial charge in [0.15, 0.2) is 23.0 Å². The predicted octanol–water partition coefficient (Wildman–Crippen LogP) is 4.16. The quantitative estimate of drug-likeness (QED) is 0.742. The van der Waals surface area contributed by atoms with Crippen molar-refractivity contribution in [2.24, 2.45) is 5.92 Å². The fraction of sp³-hybridized carbons (Fsp3) is 0.458. The van der Waals surface area contributed by atoms with Crippen molar-refractivity contribution >= 4 is 5.91 Å². The Labute approximate surface area is 176 Å². The molecule has 1 fully saturated rings. The van der Waals surface area contributed by atoms with Gasteiger partial charge in [-0.15, -0.1) is 0 Å². The second-order valence-electron chi connectivity index (χ2n) is 8.27. The van der Waals surface area contributed by atoms with E-state index in [2.05, 4.69) is 0 Å². The van der Waals surface area contributed by atoms with Crippen LogP contribution in [-0.2, 0) is 11.3 Å². The van der Waals surface area contributed by atoms with Gasteiger partial charge in [-0.3, -0.25) is 4.79 Å². The topological polar surface area (TPSA) is 57.2 Å². The smallest absolute Gasteiger partial charge is 0.267 e. The summed E-state index contributed by atoms with van der Waals surface area (Å²) in [5.41, 5.74) is 1.03. The summed E-state index contributed by atoms with van der Waals surface area (Å²) < 4.78 is 22.7. The van der Waals surface area contributed by atoms with E-state index in [4.69, 9.17) is 18.9 Å². The van der Waals surface area contributed by atoms with Gasteiger partial charge in [-0.1, -0.05) is 37.5 Å². The van der Waals surface area contributed by atoms with Crippen molar-refractivity contribution in [3.63, 3.8) is 0 Å². The van der Waals surface area contributed by atoms with E-state index >= 15 is 0 Å². The molecule has 0 bridgehead atoms. The molecule has 0 unspecified atom stereocenters. The highest BCUT2D eigenvalue weighted by Crippen LogP contribution is 2.34. The molecule has 6 heteroatoms. The van der Waals surface area contributed by atoms with Crippen LogP contribution in [0.2, 0.25) is 0 Å². The van der Waals surface area contributed by atoms with Crippen LogP contribution in [-0.4, -0.2) is 36.9 Å². The molecule has 3 aliphatic rings. The highest BCUT2D eigenvalue weighted by molar-refractivity contribution is 5.82. The number of ether oxygens (including phenoxy) is 4. The van der Waals surface area contributed by atoms with E-state index in [9.17, 15) is 4.79 Å². The van der Waals surface area contributed by atoms with E-state index in [1.165, 1.54) is 32.1 Å². The number of benzene rings is 2. The van der Waals surface area contributed by atoms with Gasteiger partial charge in [-0.05, 0) is 48.6 Å². The molecule has 0 aromatic heterocycles. The van der Waals surface area contributed by atoms with Crippen molar-refractivity contribution in [3.8, 4) is 23.0 Å². The standard InChI is InChI=1S/C24H27NO5/c26-24(23-15-27-19-8-4-5-9-21(19)30-23)25(13-17-6-2-1-3-7-17)14-18-10-11-20-22(12-18)29-16-28-20/h4-5,8-12,17,23H,1-3,6-7,13-16H2/t23-/m1/s1. The van der Waals surface area contributed by atoms with Gasteiger partial charge >= 0.3 is 0 Å². The minimum absolute atomic E-state index is 0.0206. The number of rotatable bonds is 5. The van der Waals surface area contributed by atoms with Crippen molar-refractivity contribution in [3.05, 3.63) is 48.0 Å². The Morgan fingerprint density at radius 2 is 1.67 bits per heavy atom. The summed E-state index contributed by atoms with van der Waals surface area (Å²) in [5, 5.41) is 0. The van der Waals surface area contributed by atoms with Gasteiger partial charge in [0.2, 0.25) is 12.9 Å². The van der Waals surface area contributed by atoms with E-state index in [1.807, 2.05) is 47.4 Å². The largest absolute Gasteiger partial charge is 0.485 e. The monoisotopic (exact) mass is 409 g/mol. The van der Waals surface area contributed by atoms with Crippen molar-refractivity contribution in [1.82, 2.24) is 4.90 Å². The predicted molar refractivity (Wildman–Crippen MR) is 111 cm³/mol. The highest BCUT2D eigenvalue weighted by Gasteiger charge is 2.32. The molecule has 0 radical (unpaired) electrons. The van der Waals surface area contributed by atoms with Crippen LogP contribution in [0.25, 0.3) is 0 Å². The first-order valence-corrected chi connectivity index (χ1v) is 10.8. The zero-order valence-corrected chi connectivity index (χ0v) is 17.0. The van der Waals surface area contributed by atoms with E-state index in [1.54, 1.807) is 0 Å². The van der Waals surface area contributed by atoms with Gasteiger partial charge in [0, 0.05) is 13.1 Å². The van der Waals surface area contributed by atoms with Crippen LogP contribution in [0.4, 0.5) is 0 Å². The average molecular weight is 409 g/mol. The fourth-order valence-corrected chi connectivity index (χ4v) is 4.52. The number of nitrogens with zero attached hydrogens (tertiary/aromatic N) is 1. The number of hydrogen-bond donors (Lipinski definition) is 0. The maximum atomic E-state index is 13.5. The van der Waals surface area contributed by atoms with Crippen molar-refractivity contribution < 1.29 is 23.7 Å². The Morgan fingerprint density at radius 1 is 0.900 bits per heavy atom. The molecule has 1 saturated carbocycles. The molecule has 158 valence electrons. The molecule has 1 aliphatic carbocycles. The molecule has 0 N–H and O–H groups in total. The van der Waals surface area contributed by atoms with Crippen LogP contribution >= 0.6 is 0 Å². The lowest BCUT2D eigenvalue weighted by Gasteiger charge is -2.34. The van der Waals surface area contributed by atoms with E-state index in [0.29, 0.717) is 24.0 Å². The summed E-state index contributed by atoms with van der Waals surface area (Å²) >= 11 is 0. The molecule has 5 rings (SSSR count). The Bertz CT molecular complexity index is 908. The number of carbonyl (C=O) groups excluding carboxylic acids is 1. The lowest BCUT2D eigenvalue weighted by atomic mass is 9.88. The minimum atomic E-state index is -0.627. The van der Waals surface area contributed by atoms with Gasteiger partial charge in [0.1, 0.15) is 6.61 Å². The lowest BCUT2D eigenvalue weighted by molar-refractivity contribution is -0.142. The molecule has 2 aliphatic heterocycles. The molecule has 1 atom stereocenters. The molecule has 2 aromatic rings. The molecular weight excluding hydrogens is 382 g/mol. The molecule has 2 aromatic carbocycles. The Kier molecular flexibility index (Phi) is 5.39. The van der Waals surface area contributed by atoms with Gasteiger partial charge in [-0.25, -0.2) is 0 Å². The maximum absolute atomic E-state index is 13.5. The van der Waals surface area contributed by atoms with Crippen LogP contribution in [0.15, 0.2) is 42.5 Å². The van der Waals surface area contributed by atoms with Crippen molar-refractivity contribution in [1.29, 1.82) is 0 Å². The number of amides is 1. The summed E-state index contributed by atoms with van der Waals surface area (Å²) in [6.45, 7) is 1.75. The number of para-hydroxylation sites is 2. The van der Waals surface area contributed by atoms with Gasteiger partial charge in [0.25, 0.3) is 5.91 Å². The van der Waals surface area contributed by atoms with Crippen LogP contribution in [0.5, 0.6) is 23.0 Å². The second-order valence-corrected chi connectivity index (χ2v) is 8.27. The van der Waals surface area contributed by atoms with Crippen LogP contribution < -0.4 is 18.9 Å². The lowest BCUT2D eigenvalue weighted by Crippen LogP contribution is -2.47. The highest BCUT2D eigenvalue weighted by atomic mass is 16.7. The first-order chi connectivity index (χ1) is 14.8. The van der Waals surface area contributed by atoms with E-state index in [0.717, 1.165) is 23.6 Å². The van der Waals surface area contributed by atoms with Crippen LogP contribution in [0.3, 0.4) is 0 Å². The normalized spacial score (nSPS) is 20.1.